The fourth-order valence-electron chi connectivity index (χ4n) is 3.91. The van der Waals surface area contributed by atoms with Crippen LogP contribution < -0.4 is 16.0 Å². The standard InChI is InChI=1S/C25H26F3N7O2/c1-24(2,37)19(26)13-32-23(36)15-12-31-22(9-17(15)33-20-4-3-7-25(20,27)28)35-21-6-5-16-18(34-21)8-14(10-29)11-30-16/h5-6,8-9,11-12,19-20,37H,3-4,7,13H2,1-2H3,(H,32,36)(H2,31,33,34,35). The fraction of sp³-hybridized carbons (Fsp3) is 0.400. The molecule has 0 aliphatic heterocycles. The molecule has 1 aliphatic rings. The highest BCUT2D eigenvalue weighted by Crippen LogP contribution is 2.38. The van der Waals surface area contributed by atoms with Crippen LogP contribution in [0.4, 0.5) is 30.5 Å². The number of alkyl halides is 3. The van der Waals surface area contributed by atoms with Crippen molar-refractivity contribution in [3.05, 3.63) is 47.8 Å². The van der Waals surface area contributed by atoms with Gasteiger partial charge in [0.15, 0.2) is 0 Å². The molecule has 1 aliphatic carbocycles. The zero-order valence-electron chi connectivity index (χ0n) is 20.2. The molecular weight excluding hydrogens is 487 g/mol. The maximum atomic E-state index is 14.4. The quantitative estimate of drug-likeness (QED) is 0.354. The minimum atomic E-state index is -2.96. The van der Waals surface area contributed by atoms with Crippen LogP contribution in [0.3, 0.4) is 0 Å². The molecule has 0 radical (unpaired) electrons. The molecule has 1 fully saturated rings. The van der Waals surface area contributed by atoms with E-state index in [1.165, 1.54) is 32.3 Å². The number of hydrogen-bond donors (Lipinski definition) is 4. The van der Waals surface area contributed by atoms with Gasteiger partial charge in [-0.3, -0.25) is 9.78 Å². The average molecular weight is 514 g/mol. The van der Waals surface area contributed by atoms with Crippen molar-refractivity contribution in [2.24, 2.45) is 0 Å². The number of carbonyl (C=O) groups excluding carboxylic acids is 1. The molecule has 37 heavy (non-hydrogen) atoms. The summed E-state index contributed by atoms with van der Waals surface area (Å²) in [4.78, 5) is 25.6. The minimum Gasteiger partial charge on any atom is -0.387 e. The third-order valence-electron chi connectivity index (χ3n) is 6.12. The number of nitriles is 1. The number of anilines is 3. The van der Waals surface area contributed by atoms with Gasteiger partial charge in [0.05, 0.1) is 46.0 Å². The van der Waals surface area contributed by atoms with Gasteiger partial charge in [-0.25, -0.2) is 23.1 Å². The summed E-state index contributed by atoms with van der Waals surface area (Å²) >= 11 is 0. The number of nitrogens with one attached hydrogen (secondary N) is 3. The Morgan fingerprint density at radius 2 is 2.03 bits per heavy atom. The number of rotatable bonds is 8. The number of amides is 1. The number of aliphatic hydroxyl groups is 1. The van der Waals surface area contributed by atoms with E-state index in [9.17, 15) is 23.1 Å². The maximum Gasteiger partial charge on any atom is 0.267 e. The second-order valence-corrected chi connectivity index (χ2v) is 9.49. The van der Waals surface area contributed by atoms with Gasteiger partial charge in [-0.15, -0.1) is 0 Å². The van der Waals surface area contributed by atoms with E-state index in [4.69, 9.17) is 5.26 Å². The predicted molar refractivity (Wildman–Crippen MR) is 132 cm³/mol. The van der Waals surface area contributed by atoms with Crippen molar-refractivity contribution in [3.63, 3.8) is 0 Å². The number of hydrogen-bond acceptors (Lipinski definition) is 8. The normalized spacial score (nSPS) is 17.7. The number of pyridine rings is 3. The molecule has 2 unspecified atom stereocenters. The Hall–Kier alpha value is -3.98. The zero-order chi connectivity index (χ0) is 26.8. The van der Waals surface area contributed by atoms with Crippen LogP contribution in [0.1, 0.15) is 49.0 Å². The number of aromatic nitrogens is 3. The highest BCUT2D eigenvalue weighted by Gasteiger charge is 2.44. The second-order valence-electron chi connectivity index (χ2n) is 9.49. The monoisotopic (exact) mass is 513 g/mol. The number of carbonyl (C=O) groups is 1. The molecule has 3 aromatic rings. The lowest BCUT2D eigenvalue weighted by molar-refractivity contribution is -0.00208. The predicted octanol–water partition coefficient (Wildman–Crippen LogP) is 4.08. The summed E-state index contributed by atoms with van der Waals surface area (Å²) < 4.78 is 42.9. The third-order valence-corrected chi connectivity index (χ3v) is 6.12. The van der Waals surface area contributed by atoms with Crippen molar-refractivity contribution in [2.75, 3.05) is 17.2 Å². The van der Waals surface area contributed by atoms with Crippen molar-refractivity contribution >= 4 is 34.3 Å². The summed E-state index contributed by atoms with van der Waals surface area (Å²) in [6.45, 7) is 2.08. The summed E-state index contributed by atoms with van der Waals surface area (Å²) in [7, 11) is 0. The Bertz CT molecular complexity index is 1350. The maximum absolute atomic E-state index is 14.4. The van der Waals surface area contributed by atoms with Gasteiger partial charge >= 0.3 is 0 Å². The van der Waals surface area contributed by atoms with E-state index in [-0.39, 0.29) is 29.9 Å². The molecule has 12 heteroatoms. The molecule has 1 amide bonds. The fourth-order valence-corrected chi connectivity index (χ4v) is 3.91. The first kappa shape index (κ1) is 26.1. The van der Waals surface area contributed by atoms with Crippen LogP contribution in [0.2, 0.25) is 0 Å². The van der Waals surface area contributed by atoms with Gasteiger partial charge in [0.1, 0.15) is 23.9 Å². The lowest BCUT2D eigenvalue weighted by Crippen LogP contribution is -2.42. The lowest BCUT2D eigenvalue weighted by Gasteiger charge is -2.24. The SMILES string of the molecule is CC(C)(O)C(F)CNC(=O)c1cnc(Nc2ccc3ncc(C#N)cc3n2)cc1NC1CCCC1(F)F. The zero-order valence-corrected chi connectivity index (χ0v) is 20.2. The summed E-state index contributed by atoms with van der Waals surface area (Å²) in [5, 5.41) is 27.0. The number of fused-ring (bicyclic) bond motifs is 1. The van der Waals surface area contributed by atoms with Crippen LogP contribution in [0.15, 0.2) is 36.7 Å². The van der Waals surface area contributed by atoms with Crippen molar-refractivity contribution < 1.29 is 23.1 Å². The van der Waals surface area contributed by atoms with Gasteiger partial charge in [-0.1, -0.05) is 0 Å². The average Bonchev–Trinajstić information content (AvgIpc) is 3.18. The molecule has 4 N–H and O–H groups in total. The molecule has 1 saturated carbocycles. The van der Waals surface area contributed by atoms with Crippen LogP contribution >= 0.6 is 0 Å². The van der Waals surface area contributed by atoms with Crippen LogP contribution in [-0.2, 0) is 0 Å². The van der Waals surface area contributed by atoms with E-state index in [1.54, 1.807) is 18.2 Å². The Morgan fingerprint density at radius 1 is 1.24 bits per heavy atom. The highest BCUT2D eigenvalue weighted by molar-refractivity contribution is 6.00. The van der Waals surface area contributed by atoms with Crippen molar-refractivity contribution in [1.82, 2.24) is 20.3 Å². The molecule has 9 nitrogen and oxygen atoms in total. The number of halogens is 3. The molecule has 3 heterocycles. The van der Waals surface area contributed by atoms with Gasteiger partial charge in [0, 0.05) is 24.9 Å². The third kappa shape index (κ3) is 6.06. The Balaban J connectivity index is 1.61. The Labute approximate surface area is 211 Å². The van der Waals surface area contributed by atoms with E-state index < -0.39 is 36.2 Å². The van der Waals surface area contributed by atoms with Crippen LogP contribution in [0, 0.1) is 11.3 Å². The molecule has 0 aromatic carbocycles. The van der Waals surface area contributed by atoms with E-state index in [0.29, 0.717) is 28.8 Å². The molecule has 194 valence electrons. The van der Waals surface area contributed by atoms with Gasteiger partial charge < -0.3 is 21.1 Å². The van der Waals surface area contributed by atoms with Crippen LogP contribution in [0.5, 0.6) is 0 Å². The van der Waals surface area contributed by atoms with Gasteiger partial charge in [0.25, 0.3) is 11.8 Å². The summed E-state index contributed by atoms with van der Waals surface area (Å²) in [6.07, 6.45) is 1.17. The van der Waals surface area contributed by atoms with Gasteiger partial charge in [-0.2, -0.15) is 5.26 Å². The highest BCUT2D eigenvalue weighted by atomic mass is 19.3. The Morgan fingerprint density at radius 3 is 2.70 bits per heavy atom. The Kier molecular flexibility index (Phi) is 7.18. The first-order valence-electron chi connectivity index (χ1n) is 11.7. The molecule has 0 bridgehead atoms. The minimum absolute atomic E-state index is 0.0504. The number of nitrogens with zero attached hydrogens (tertiary/aromatic N) is 4. The van der Waals surface area contributed by atoms with Gasteiger partial charge in [0.2, 0.25) is 0 Å². The molecular formula is C25H26F3N7O2. The molecule has 4 rings (SSSR count). The first-order valence-corrected chi connectivity index (χ1v) is 11.7. The topological polar surface area (TPSA) is 136 Å². The second kappa shape index (κ2) is 10.2. The molecule has 3 aromatic heterocycles. The largest absolute Gasteiger partial charge is 0.387 e. The summed E-state index contributed by atoms with van der Waals surface area (Å²) in [5.41, 5.74) is -0.235. The molecule has 0 saturated heterocycles. The summed E-state index contributed by atoms with van der Waals surface area (Å²) in [6, 6.07) is 7.13. The van der Waals surface area contributed by atoms with Crippen molar-refractivity contribution in [2.45, 2.75) is 56.8 Å². The van der Waals surface area contributed by atoms with Crippen LogP contribution in [0.25, 0.3) is 11.0 Å². The molecule has 0 spiro atoms. The van der Waals surface area contributed by atoms with Crippen molar-refractivity contribution in [1.29, 1.82) is 5.26 Å². The summed E-state index contributed by atoms with van der Waals surface area (Å²) in [5.74, 6) is -3.11. The van der Waals surface area contributed by atoms with Gasteiger partial charge in [-0.05, 0) is 44.9 Å². The first-order chi connectivity index (χ1) is 17.5. The van der Waals surface area contributed by atoms with E-state index >= 15 is 0 Å². The molecule has 2 atom stereocenters. The van der Waals surface area contributed by atoms with E-state index in [1.807, 2.05) is 6.07 Å². The smallest absolute Gasteiger partial charge is 0.267 e. The van der Waals surface area contributed by atoms with Crippen molar-refractivity contribution in [3.8, 4) is 6.07 Å². The lowest BCUT2D eigenvalue weighted by atomic mass is 10.0. The van der Waals surface area contributed by atoms with E-state index in [0.717, 1.165) is 0 Å². The van der Waals surface area contributed by atoms with Crippen LogP contribution in [-0.4, -0.2) is 56.2 Å². The van der Waals surface area contributed by atoms with E-state index in [2.05, 4.69) is 30.9 Å².